The molecule has 0 aliphatic heterocycles. The third-order valence-corrected chi connectivity index (χ3v) is 4.79. The molecule has 0 saturated carbocycles. The molecule has 1 unspecified atom stereocenters. The number of thioether (sulfide) groups is 1. The van der Waals surface area contributed by atoms with Crippen LogP contribution in [0, 0.1) is 5.41 Å². The minimum Gasteiger partial charge on any atom is -0.329 e. The van der Waals surface area contributed by atoms with E-state index in [0.29, 0.717) is 16.8 Å². The van der Waals surface area contributed by atoms with Crippen LogP contribution in [0.3, 0.4) is 0 Å². The van der Waals surface area contributed by atoms with Crippen LogP contribution in [0.2, 0.25) is 10.0 Å². The van der Waals surface area contributed by atoms with Crippen molar-refractivity contribution in [3.63, 3.8) is 0 Å². The van der Waals surface area contributed by atoms with E-state index in [4.69, 9.17) is 28.9 Å². The summed E-state index contributed by atoms with van der Waals surface area (Å²) < 4.78 is 0. The quantitative estimate of drug-likeness (QED) is 0.826. The van der Waals surface area contributed by atoms with Gasteiger partial charge < -0.3 is 5.73 Å². The van der Waals surface area contributed by atoms with E-state index in [9.17, 15) is 0 Å². The maximum atomic E-state index is 6.13. The van der Waals surface area contributed by atoms with E-state index in [0.717, 1.165) is 9.92 Å². The molecule has 90 valence electrons. The van der Waals surface area contributed by atoms with Gasteiger partial charge >= 0.3 is 0 Å². The maximum Gasteiger partial charge on any atom is 0.0543 e. The molecule has 1 aromatic rings. The molecule has 0 fully saturated rings. The SMILES string of the molecule is CC(C)(C)C(CN)Sc1cc(Cl)ccc1Cl. The Kier molecular flexibility index (Phi) is 4.99. The molecule has 0 radical (unpaired) electrons. The zero-order valence-corrected chi connectivity index (χ0v) is 12.1. The summed E-state index contributed by atoms with van der Waals surface area (Å²) >= 11 is 13.8. The normalized spacial score (nSPS) is 13.9. The van der Waals surface area contributed by atoms with Crippen molar-refractivity contribution in [2.75, 3.05) is 6.54 Å². The van der Waals surface area contributed by atoms with Crippen LogP contribution in [0.15, 0.2) is 23.1 Å². The van der Waals surface area contributed by atoms with E-state index in [1.165, 1.54) is 0 Å². The average molecular weight is 278 g/mol. The van der Waals surface area contributed by atoms with Gasteiger partial charge in [-0.3, -0.25) is 0 Å². The van der Waals surface area contributed by atoms with Crippen molar-refractivity contribution in [1.29, 1.82) is 0 Å². The molecule has 1 aromatic carbocycles. The van der Waals surface area contributed by atoms with Gasteiger partial charge in [0.25, 0.3) is 0 Å². The molecule has 0 bridgehead atoms. The van der Waals surface area contributed by atoms with Crippen molar-refractivity contribution in [2.45, 2.75) is 30.9 Å². The predicted octanol–water partition coefficient (Wildman–Crippen LogP) is 4.46. The summed E-state index contributed by atoms with van der Waals surface area (Å²) in [5.74, 6) is 0. The molecular formula is C12H17Cl2NS. The summed E-state index contributed by atoms with van der Waals surface area (Å²) in [5.41, 5.74) is 5.94. The smallest absolute Gasteiger partial charge is 0.0543 e. The van der Waals surface area contributed by atoms with Crippen LogP contribution < -0.4 is 5.73 Å². The van der Waals surface area contributed by atoms with Crippen LogP contribution in [-0.2, 0) is 0 Å². The highest BCUT2D eigenvalue weighted by molar-refractivity contribution is 8.00. The summed E-state index contributed by atoms with van der Waals surface area (Å²) in [5, 5.41) is 1.76. The van der Waals surface area contributed by atoms with Crippen LogP contribution in [0.1, 0.15) is 20.8 Å². The largest absolute Gasteiger partial charge is 0.329 e. The Morgan fingerprint density at radius 2 is 1.94 bits per heavy atom. The third-order valence-electron chi connectivity index (χ3n) is 2.34. The minimum absolute atomic E-state index is 0.144. The third kappa shape index (κ3) is 3.85. The molecule has 0 saturated heterocycles. The van der Waals surface area contributed by atoms with Crippen molar-refractivity contribution < 1.29 is 0 Å². The topological polar surface area (TPSA) is 26.0 Å². The second kappa shape index (κ2) is 5.63. The van der Waals surface area contributed by atoms with Gasteiger partial charge in [-0.05, 0) is 23.6 Å². The van der Waals surface area contributed by atoms with Crippen LogP contribution in [0.25, 0.3) is 0 Å². The molecule has 0 aliphatic carbocycles. The van der Waals surface area contributed by atoms with E-state index in [1.54, 1.807) is 17.8 Å². The van der Waals surface area contributed by atoms with Gasteiger partial charge in [-0.25, -0.2) is 0 Å². The monoisotopic (exact) mass is 277 g/mol. The number of hydrogen-bond donors (Lipinski definition) is 1. The first-order valence-corrected chi connectivity index (χ1v) is 6.80. The fraction of sp³-hybridized carbons (Fsp3) is 0.500. The zero-order valence-electron chi connectivity index (χ0n) is 9.76. The first-order chi connectivity index (χ1) is 7.34. The molecular weight excluding hydrogens is 261 g/mol. The van der Waals surface area contributed by atoms with Crippen molar-refractivity contribution in [2.24, 2.45) is 11.1 Å². The van der Waals surface area contributed by atoms with Gasteiger partial charge in [-0.1, -0.05) is 44.0 Å². The molecule has 0 heterocycles. The first kappa shape index (κ1) is 14.2. The van der Waals surface area contributed by atoms with Gasteiger partial charge in [0.2, 0.25) is 0 Å². The van der Waals surface area contributed by atoms with E-state index >= 15 is 0 Å². The summed E-state index contributed by atoms with van der Waals surface area (Å²) in [6.07, 6.45) is 0. The lowest BCUT2D eigenvalue weighted by atomic mass is 9.92. The Labute approximate surface area is 112 Å². The Balaban J connectivity index is 2.90. The van der Waals surface area contributed by atoms with Gasteiger partial charge in [-0.15, -0.1) is 11.8 Å². The van der Waals surface area contributed by atoms with Crippen LogP contribution in [-0.4, -0.2) is 11.8 Å². The number of benzene rings is 1. The summed E-state index contributed by atoms with van der Waals surface area (Å²) in [4.78, 5) is 1.000. The van der Waals surface area contributed by atoms with Gasteiger partial charge in [0.15, 0.2) is 0 Å². The molecule has 16 heavy (non-hydrogen) atoms. The molecule has 4 heteroatoms. The standard InChI is InChI=1S/C12H17Cl2NS/c1-12(2,3)11(7-15)16-10-6-8(13)4-5-9(10)14/h4-6,11H,7,15H2,1-3H3. The van der Waals surface area contributed by atoms with E-state index in [1.807, 2.05) is 12.1 Å². The van der Waals surface area contributed by atoms with Crippen LogP contribution >= 0.6 is 35.0 Å². The van der Waals surface area contributed by atoms with E-state index < -0.39 is 0 Å². The Bertz CT molecular complexity index is 361. The Hall–Kier alpha value is 0.110. The molecule has 0 aliphatic rings. The number of halogens is 2. The van der Waals surface area contributed by atoms with Crippen molar-refractivity contribution in [3.05, 3.63) is 28.2 Å². The molecule has 1 nitrogen and oxygen atoms in total. The van der Waals surface area contributed by atoms with E-state index in [-0.39, 0.29) is 5.41 Å². The fourth-order valence-electron chi connectivity index (χ4n) is 1.30. The van der Waals surface area contributed by atoms with Crippen LogP contribution in [0.5, 0.6) is 0 Å². The second-order valence-electron chi connectivity index (χ2n) is 4.78. The molecule has 0 spiro atoms. The van der Waals surface area contributed by atoms with E-state index in [2.05, 4.69) is 20.8 Å². The molecule has 2 N–H and O–H groups in total. The van der Waals surface area contributed by atoms with Gasteiger partial charge in [0.1, 0.15) is 0 Å². The Morgan fingerprint density at radius 1 is 1.31 bits per heavy atom. The molecule has 1 rings (SSSR count). The highest BCUT2D eigenvalue weighted by atomic mass is 35.5. The van der Waals surface area contributed by atoms with Crippen LogP contribution in [0.4, 0.5) is 0 Å². The van der Waals surface area contributed by atoms with Crippen molar-refractivity contribution in [1.82, 2.24) is 0 Å². The summed E-state index contributed by atoms with van der Waals surface area (Å²) in [7, 11) is 0. The number of hydrogen-bond acceptors (Lipinski definition) is 2. The minimum atomic E-state index is 0.144. The highest BCUT2D eigenvalue weighted by Gasteiger charge is 2.25. The summed E-state index contributed by atoms with van der Waals surface area (Å²) in [6, 6.07) is 5.51. The summed E-state index contributed by atoms with van der Waals surface area (Å²) in [6.45, 7) is 7.15. The van der Waals surface area contributed by atoms with Crippen molar-refractivity contribution in [3.8, 4) is 0 Å². The molecule has 0 amide bonds. The first-order valence-electron chi connectivity index (χ1n) is 5.16. The lowest BCUT2D eigenvalue weighted by Crippen LogP contribution is -2.30. The zero-order chi connectivity index (χ0) is 12.3. The second-order valence-corrected chi connectivity index (χ2v) is 6.87. The lowest BCUT2D eigenvalue weighted by molar-refractivity contribution is 0.398. The van der Waals surface area contributed by atoms with Gasteiger partial charge in [0.05, 0.1) is 5.02 Å². The lowest BCUT2D eigenvalue weighted by Gasteiger charge is -2.29. The predicted molar refractivity (Wildman–Crippen MR) is 74.6 cm³/mol. The number of rotatable bonds is 3. The molecule has 0 aromatic heterocycles. The Morgan fingerprint density at radius 3 is 2.44 bits per heavy atom. The van der Waals surface area contributed by atoms with Gasteiger partial charge in [0, 0.05) is 21.7 Å². The van der Waals surface area contributed by atoms with Gasteiger partial charge in [-0.2, -0.15) is 0 Å². The molecule has 1 atom stereocenters. The number of nitrogens with two attached hydrogens (primary N) is 1. The fourth-order valence-corrected chi connectivity index (χ4v) is 2.92. The van der Waals surface area contributed by atoms with Crippen molar-refractivity contribution >= 4 is 35.0 Å². The average Bonchev–Trinajstić information content (AvgIpc) is 2.17. The highest BCUT2D eigenvalue weighted by Crippen LogP contribution is 2.38. The maximum absolute atomic E-state index is 6.13.